The van der Waals surface area contributed by atoms with E-state index in [1.807, 2.05) is 24.4 Å². The molecule has 2 N–H and O–H groups in total. The fourth-order valence-corrected chi connectivity index (χ4v) is 2.56. The number of amides is 1. The minimum atomic E-state index is -0.407. The van der Waals surface area contributed by atoms with Gasteiger partial charge in [-0.15, -0.1) is 0 Å². The van der Waals surface area contributed by atoms with Crippen molar-refractivity contribution in [2.45, 2.75) is 0 Å². The molecule has 0 aliphatic carbocycles. The Balaban J connectivity index is 1.78. The molecule has 1 amide bonds. The third-order valence-corrected chi connectivity index (χ3v) is 3.84. The van der Waals surface area contributed by atoms with Crippen LogP contribution in [-0.2, 0) is 0 Å². The summed E-state index contributed by atoms with van der Waals surface area (Å²) in [7, 11) is 0. The molecule has 3 aromatic rings. The Hall–Kier alpha value is -2.18. The largest absolute Gasteiger partial charge is 0.361 e. The SMILES string of the molecule is O=C(N/N=C/c1c[nH]c2ccc(Br)cc12)c1cccnc1Cl. The zero-order chi connectivity index (χ0) is 15.5. The first kappa shape index (κ1) is 14.7. The van der Waals surface area contributed by atoms with Crippen molar-refractivity contribution in [3.63, 3.8) is 0 Å². The van der Waals surface area contributed by atoms with Crippen LogP contribution >= 0.6 is 27.5 Å². The maximum Gasteiger partial charge on any atom is 0.274 e. The molecule has 0 unspecified atom stereocenters. The average Bonchev–Trinajstić information content (AvgIpc) is 2.90. The Labute approximate surface area is 139 Å². The molecule has 5 nitrogen and oxygen atoms in total. The van der Waals surface area contributed by atoms with E-state index in [4.69, 9.17) is 11.6 Å². The van der Waals surface area contributed by atoms with E-state index in [-0.39, 0.29) is 10.7 Å². The van der Waals surface area contributed by atoms with Crippen LogP contribution in [0.5, 0.6) is 0 Å². The highest BCUT2D eigenvalue weighted by Gasteiger charge is 2.09. The molecule has 0 fully saturated rings. The minimum absolute atomic E-state index is 0.145. The zero-order valence-corrected chi connectivity index (χ0v) is 13.5. The van der Waals surface area contributed by atoms with Crippen molar-refractivity contribution in [1.82, 2.24) is 15.4 Å². The first-order chi connectivity index (χ1) is 10.6. The van der Waals surface area contributed by atoms with Gasteiger partial charge in [0.1, 0.15) is 5.15 Å². The van der Waals surface area contributed by atoms with Crippen molar-refractivity contribution >= 4 is 50.6 Å². The van der Waals surface area contributed by atoms with Crippen LogP contribution in [0.25, 0.3) is 10.9 Å². The van der Waals surface area contributed by atoms with Crippen molar-refractivity contribution < 1.29 is 4.79 Å². The van der Waals surface area contributed by atoms with Crippen LogP contribution < -0.4 is 5.43 Å². The third kappa shape index (κ3) is 3.03. The van der Waals surface area contributed by atoms with Gasteiger partial charge >= 0.3 is 0 Å². The number of pyridine rings is 1. The topological polar surface area (TPSA) is 70.1 Å². The highest BCUT2D eigenvalue weighted by atomic mass is 79.9. The lowest BCUT2D eigenvalue weighted by molar-refractivity contribution is 0.0955. The molecular formula is C15H10BrClN4O. The van der Waals surface area contributed by atoms with E-state index in [1.165, 1.54) is 6.20 Å². The molecule has 0 bridgehead atoms. The van der Waals surface area contributed by atoms with Crippen LogP contribution in [0.2, 0.25) is 5.15 Å². The second-order valence-electron chi connectivity index (χ2n) is 4.47. The first-order valence-corrected chi connectivity index (χ1v) is 7.53. The molecule has 0 atom stereocenters. The van der Waals surface area contributed by atoms with E-state index in [0.29, 0.717) is 0 Å². The Kier molecular flexibility index (Phi) is 4.22. The monoisotopic (exact) mass is 376 g/mol. The number of hydrazone groups is 1. The second-order valence-corrected chi connectivity index (χ2v) is 5.75. The average molecular weight is 378 g/mol. The fourth-order valence-electron chi connectivity index (χ4n) is 2.00. The number of fused-ring (bicyclic) bond motifs is 1. The normalized spacial score (nSPS) is 11.2. The number of carbonyl (C=O) groups is 1. The number of nitrogens with one attached hydrogen (secondary N) is 2. The van der Waals surface area contributed by atoms with Gasteiger partial charge in [-0.3, -0.25) is 4.79 Å². The lowest BCUT2D eigenvalue weighted by atomic mass is 10.2. The van der Waals surface area contributed by atoms with Crippen molar-refractivity contribution in [2.24, 2.45) is 5.10 Å². The molecule has 0 aliphatic heterocycles. The molecule has 110 valence electrons. The summed E-state index contributed by atoms with van der Waals surface area (Å²) in [6.07, 6.45) is 4.92. The van der Waals surface area contributed by atoms with E-state index in [1.54, 1.807) is 18.3 Å². The first-order valence-electron chi connectivity index (χ1n) is 6.36. The van der Waals surface area contributed by atoms with Gasteiger partial charge in [-0.1, -0.05) is 27.5 Å². The number of hydrogen-bond acceptors (Lipinski definition) is 3. The van der Waals surface area contributed by atoms with Crippen LogP contribution in [-0.4, -0.2) is 22.1 Å². The van der Waals surface area contributed by atoms with Crippen LogP contribution in [0, 0.1) is 0 Å². The lowest BCUT2D eigenvalue weighted by Crippen LogP contribution is -2.18. The summed E-state index contributed by atoms with van der Waals surface area (Å²) in [4.78, 5) is 18.9. The van der Waals surface area contributed by atoms with E-state index in [2.05, 4.69) is 36.4 Å². The smallest absolute Gasteiger partial charge is 0.274 e. The highest BCUT2D eigenvalue weighted by molar-refractivity contribution is 9.10. The second kappa shape index (κ2) is 6.29. The predicted molar refractivity (Wildman–Crippen MR) is 90.3 cm³/mol. The summed E-state index contributed by atoms with van der Waals surface area (Å²) in [6.45, 7) is 0. The summed E-state index contributed by atoms with van der Waals surface area (Å²) < 4.78 is 0.973. The number of halogens is 2. The van der Waals surface area contributed by atoms with Gasteiger partial charge in [0.05, 0.1) is 11.8 Å². The standard InChI is InChI=1S/C15H10BrClN4O/c16-10-3-4-13-12(6-10)9(7-19-13)8-20-21-15(22)11-2-1-5-18-14(11)17/h1-8,19H,(H,21,22)/b20-8+. The molecular weight excluding hydrogens is 368 g/mol. The maximum atomic E-state index is 11.9. The summed E-state index contributed by atoms with van der Waals surface area (Å²) in [6, 6.07) is 9.12. The lowest BCUT2D eigenvalue weighted by Gasteiger charge is -2.00. The molecule has 2 heterocycles. The van der Waals surface area contributed by atoms with Crippen molar-refractivity contribution in [2.75, 3.05) is 0 Å². The molecule has 0 saturated heterocycles. The van der Waals surface area contributed by atoms with E-state index in [9.17, 15) is 4.79 Å². The van der Waals surface area contributed by atoms with Gasteiger partial charge in [0.25, 0.3) is 5.91 Å². The number of carbonyl (C=O) groups excluding carboxylic acids is 1. The van der Waals surface area contributed by atoms with Gasteiger partial charge in [0.2, 0.25) is 0 Å². The molecule has 0 aliphatic rings. The number of rotatable bonds is 3. The van der Waals surface area contributed by atoms with E-state index >= 15 is 0 Å². The molecule has 1 aromatic carbocycles. The molecule has 2 aromatic heterocycles. The summed E-state index contributed by atoms with van der Waals surface area (Å²) in [5.74, 6) is -0.407. The fraction of sp³-hybridized carbons (Fsp3) is 0. The van der Waals surface area contributed by atoms with Crippen LogP contribution in [0.1, 0.15) is 15.9 Å². The molecule has 22 heavy (non-hydrogen) atoms. The van der Waals surface area contributed by atoms with E-state index in [0.717, 1.165) is 20.9 Å². The Morgan fingerprint density at radius 1 is 1.41 bits per heavy atom. The number of H-pyrrole nitrogens is 1. The van der Waals surface area contributed by atoms with Gasteiger partial charge in [0, 0.05) is 33.3 Å². The van der Waals surface area contributed by atoms with Crippen molar-refractivity contribution in [3.05, 3.63) is 63.5 Å². The number of nitrogens with zero attached hydrogens (tertiary/aromatic N) is 2. The maximum absolute atomic E-state index is 11.9. The number of aromatic nitrogens is 2. The van der Waals surface area contributed by atoms with E-state index < -0.39 is 5.91 Å². The van der Waals surface area contributed by atoms with Gasteiger partial charge in [-0.2, -0.15) is 5.10 Å². The molecule has 0 spiro atoms. The quantitative estimate of drug-likeness (QED) is 0.415. The molecule has 0 saturated carbocycles. The van der Waals surface area contributed by atoms with Gasteiger partial charge in [-0.05, 0) is 30.3 Å². The summed E-state index contributed by atoms with van der Waals surface area (Å²) in [5, 5.41) is 5.12. The highest BCUT2D eigenvalue weighted by Crippen LogP contribution is 2.21. The summed E-state index contributed by atoms with van der Waals surface area (Å²) >= 11 is 9.29. The zero-order valence-electron chi connectivity index (χ0n) is 11.2. The van der Waals surface area contributed by atoms with Crippen molar-refractivity contribution in [3.8, 4) is 0 Å². The molecule has 0 radical (unpaired) electrons. The van der Waals surface area contributed by atoms with Crippen LogP contribution in [0.4, 0.5) is 0 Å². The predicted octanol–water partition coefficient (Wildman–Crippen LogP) is 3.74. The van der Waals surface area contributed by atoms with Crippen LogP contribution in [0.15, 0.2) is 52.3 Å². The van der Waals surface area contributed by atoms with Gasteiger partial charge in [0.15, 0.2) is 0 Å². The molecule has 3 rings (SSSR count). The van der Waals surface area contributed by atoms with Crippen molar-refractivity contribution in [1.29, 1.82) is 0 Å². The van der Waals surface area contributed by atoms with Crippen LogP contribution in [0.3, 0.4) is 0 Å². The Morgan fingerprint density at radius 2 is 2.27 bits per heavy atom. The van der Waals surface area contributed by atoms with Gasteiger partial charge in [-0.25, -0.2) is 10.4 Å². The number of aromatic amines is 1. The minimum Gasteiger partial charge on any atom is -0.361 e. The number of benzene rings is 1. The number of hydrogen-bond donors (Lipinski definition) is 2. The van der Waals surface area contributed by atoms with Gasteiger partial charge < -0.3 is 4.98 Å². The summed E-state index contributed by atoms with van der Waals surface area (Å²) in [5.41, 5.74) is 4.58. The third-order valence-electron chi connectivity index (χ3n) is 3.05. The molecule has 7 heteroatoms. The Morgan fingerprint density at radius 3 is 3.09 bits per heavy atom. The Bertz CT molecular complexity index is 875.